The van der Waals surface area contributed by atoms with Crippen molar-refractivity contribution in [1.29, 1.82) is 0 Å². The molecule has 0 saturated carbocycles. The fraction of sp³-hybridized carbons (Fsp3) is 0.357. The molecule has 2 rings (SSSR count). The molecule has 1 atom stereocenters. The van der Waals surface area contributed by atoms with Gasteiger partial charge in [-0.1, -0.05) is 29.2 Å². The summed E-state index contributed by atoms with van der Waals surface area (Å²) >= 11 is 2.82. The van der Waals surface area contributed by atoms with Crippen LogP contribution in [-0.2, 0) is 4.79 Å². The van der Waals surface area contributed by atoms with E-state index in [2.05, 4.69) is 15.5 Å². The third kappa shape index (κ3) is 4.35. The van der Waals surface area contributed by atoms with E-state index >= 15 is 0 Å². The van der Waals surface area contributed by atoms with Crippen LogP contribution in [0.25, 0.3) is 0 Å². The minimum Gasteiger partial charge on any atom is -0.497 e. The van der Waals surface area contributed by atoms with Gasteiger partial charge in [0.25, 0.3) is 0 Å². The molecule has 8 heteroatoms. The van der Waals surface area contributed by atoms with Gasteiger partial charge in [0.15, 0.2) is 4.34 Å². The summed E-state index contributed by atoms with van der Waals surface area (Å²) in [7, 11) is 5.12. The molecule has 0 saturated heterocycles. The third-order valence-corrected chi connectivity index (χ3v) is 4.80. The molecule has 0 bridgehead atoms. The molecule has 1 aromatic carbocycles. The Morgan fingerprint density at radius 1 is 1.41 bits per heavy atom. The average molecular weight is 338 g/mol. The van der Waals surface area contributed by atoms with Gasteiger partial charge >= 0.3 is 0 Å². The maximum absolute atomic E-state index is 11.8. The number of benzene rings is 1. The molecule has 0 aliphatic carbocycles. The number of nitrogens with one attached hydrogen (secondary N) is 1. The second kappa shape index (κ2) is 7.46. The van der Waals surface area contributed by atoms with E-state index in [1.807, 2.05) is 31.2 Å². The van der Waals surface area contributed by atoms with E-state index in [0.29, 0.717) is 5.13 Å². The summed E-state index contributed by atoms with van der Waals surface area (Å²) in [4.78, 5) is 13.4. The molecule has 1 aromatic heterocycles. The molecular weight excluding hydrogens is 320 g/mol. The van der Waals surface area contributed by atoms with Gasteiger partial charge in [-0.3, -0.25) is 4.79 Å². The Labute approximate surface area is 137 Å². The van der Waals surface area contributed by atoms with Gasteiger partial charge in [0.05, 0.1) is 12.4 Å². The van der Waals surface area contributed by atoms with Crippen LogP contribution in [0.5, 0.6) is 5.75 Å². The Bertz CT molecular complexity index is 645. The number of anilines is 2. The molecule has 1 unspecified atom stereocenters. The number of thioether (sulfide) groups is 1. The van der Waals surface area contributed by atoms with E-state index in [4.69, 9.17) is 4.74 Å². The highest BCUT2D eigenvalue weighted by atomic mass is 32.2. The monoisotopic (exact) mass is 338 g/mol. The lowest BCUT2D eigenvalue weighted by Crippen LogP contribution is -2.29. The second-order valence-electron chi connectivity index (χ2n) is 4.72. The van der Waals surface area contributed by atoms with Gasteiger partial charge in [-0.25, -0.2) is 0 Å². The highest BCUT2D eigenvalue weighted by Gasteiger charge is 2.18. The van der Waals surface area contributed by atoms with Gasteiger partial charge < -0.3 is 15.0 Å². The highest BCUT2D eigenvalue weighted by molar-refractivity contribution is 8.02. The smallest absolute Gasteiger partial charge is 0.235 e. The fourth-order valence-corrected chi connectivity index (χ4v) is 3.76. The number of ether oxygens (including phenoxy) is 1. The zero-order chi connectivity index (χ0) is 16.1. The molecule has 6 nitrogen and oxygen atoms in total. The first-order valence-electron chi connectivity index (χ1n) is 6.62. The number of nitrogens with zero attached hydrogens (tertiary/aromatic N) is 3. The quantitative estimate of drug-likeness (QED) is 0.817. The van der Waals surface area contributed by atoms with Crippen molar-refractivity contribution in [3.05, 3.63) is 24.3 Å². The molecule has 0 spiro atoms. The Morgan fingerprint density at radius 2 is 2.18 bits per heavy atom. The predicted octanol–water partition coefficient (Wildman–Crippen LogP) is 2.86. The second-order valence-corrected chi connectivity index (χ2v) is 7.29. The van der Waals surface area contributed by atoms with E-state index < -0.39 is 0 Å². The number of carbonyl (C=O) groups is 1. The number of methoxy groups -OCH3 is 1. The molecule has 118 valence electrons. The summed E-state index contributed by atoms with van der Waals surface area (Å²) in [5, 5.41) is 11.9. The van der Waals surface area contributed by atoms with Gasteiger partial charge in [-0.05, 0) is 19.1 Å². The minimum absolute atomic E-state index is 0.0579. The number of hydrogen-bond donors (Lipinski definition) is 1. The lowest BCUT2D eigenvalue weighted by molar-refractivity contribution is -0.127. The summed E-state index contributed by atoms with van der Waals surface area (Å²) in [6.07, 6.45) is 0. The van der Waals surface area contributed by atoms with Crippen molar-refractivity contribution in [3.8, 4) is 5.75 Å². The van der Waals surface area contributed by atoms with E-state index in [1.54, 1.807) is 26.1 Å². The van der Waals surface area contributed by atoms with Crippen molar-refractivity contribution >= 4 is 39.8 Å². The van der Waals surface area contributed by atoms with Gasteiger partial charge in [-0.15, -0.1) is 10.2 Å². The zero-order valence-corrected chi connectivity index (χ0v) is 14.5. The molecule has 1 N–H and O–H groups in total. The van der Waals surface area contributed by atoms with Crippen molar-refractivity contribution in [3.63, 3.8) is 0 Å². The first-order chi connectivity index (χ1) is 10.5. The lowest BCUT2D eigenvalue weighted by Gasteiger charge is -2.14. The Balaban J connectivity index is 2.00. The lowest BCUT2D eigenvalue weighted by atomic mass is 10.3. The number of carbonyl (C=O) groups excluding carboxylic acids is 1. The molecule has 22 heavy (non-hydrogen) atoms. The van der Waals surface area contributed by atoms with Crippen LogP contribution in [0.3, 0.4) is 0 Å². The summed E-state index contributed by atoms with van der Waals surface area (Å²) in [5.41, 5.74) is 0.879. The number of hydrogen-bond acceptors (Lipinski definition) is 7. The van der Waals surface area contributed by atoms with Crippen molar-refractivity contribution in [2.45, 2.75) is 16.5 Å². The first-order valence-corrected chi connectivity index (χ1v) is 8.31. The molecular formula is C14H18N4O2S2. The number of amides is 1. The van der Waals surface area contributed by atoms with Crippen molar-refractivity contribution < 1.29 is 9.53 Å². The standard InChI is InChI=1S/C14H18N4O2S2/c1-9(12(19)18(2)3)21-14-17-16-13(22-14)15-10-6-5-7-11(8-10)20-4/h5-9H,1-4H3,(H,15,16). The average Bonchev–Trinajstić information content (AvgIpc) is 2.93. The number of aromatic nitrogens is 2. The topological polar surface area (TPSA) is 67.3 Å². The molecule has 0 radical (unpaired) electrons. The summed E-state index contributed by atoms with van der Waals surface area (Å²) in [6.45, 7) is 1.86. The normalized spacial score (nSPS) is 11.8. The van der Waals surface area contributed by atoms with Crippen LogP contribution in [0.4, 0.5) is 10.8 Å². The minimum atomic E-state index is -0.187. The van der Waals surface area contributed by atoms with Gasteiger partial charge in [-0.2, -0.15) is 0 Å². The molecule has 0 aliphatic heterocycles. The molecule has 1 heterocycles. The van der Waals surface area contributed by atoms with Crippen LogP contribution >= 0.6 is 23.1 Å². The van der Waals surface area contributed by atoms with Crippen molar-refractivity contribution in [1.82, 2.24) is 15.1 Å². The van der Waals surface area contributed by atoms with E-state index in [-0.39, 0.29) is 11.2 Å². The molecule has 1 amide bonds. The molecule has 2 aromatic rings. The van der Waals surface area contributed by atoms with Crippen LogP contribution < -0.4 is 10.1 Å². The Morgan fingerprint density at radius 3 is 2.86 bits per heavy atom. The molecule has 0 aliphatic rings. The largest absolute Gasteiger partial charge is 0.497 e. The summed E-state index contributed by atoms with van der Waals surface area (Å²) in [6, 6.07) is 7.58. The van der Waals surface area contributed by atoms with Gasteiger partial charge in [0.2, 0.25) is 11.0 Å². The third-order valence-electron chi connectivity index (χ3n) is 2.79. The number of rotatable bonds is 6. The summed E-state index contributed by atoms with van der Waals surface area (Å²) in [5.74, 6) is 0.830. The van der Waals surface area contributed by atoms with Crippen LogP contribution in [0.2, 0.25) is 0 Å². The van der Waals surface area contributed by atoms with E-state index in [0.717, 1.165) is 15.8 Å². The first kappa shape index (κ1) is 16.6. The fourth-order valence-electron chi connectivity index (χ4n) is 1.70. The van der Waals surface area contributed by atoms with Crippen LogP contribution in [-0.4, -0.2) is 47.5 Å². The van der Waals surface area contributed by atoms with Crippen LogP contribution in [0.1, 0.15) is 6.92 Å². The zero-order valence-electron chi connectivity index (χ0n) is 12.9. The molecule has 0 fully saturated rings. The SMILES string of the molecule is COc1cccc(Nc2nnc(SC(C)C(=O)N(C)C)s2)c1. The van der Waals surface area contributed by atoms with Crippen LogP contribution in [0, 0.1) is 0 Å². The van der Waals surface area contributed by atoms with Crippen molar-refractivity contribution in [2.24, 2.45) is 0 Å². The van der Waals surface area contributed by atoms with E-state index in [1.165, 1.54) is 23.1 Å². The van der Waals surface area contributed by atoms with Gasteiger partial charge in [0, 0.05) is 25.8 Å². The summed E-state index contributed by atoms with van der Waals surface area (Å²) < 4.78 is 5.94. The van der Waals surface area contributed by atoms with Gasteiger partial charge in [0.1, 0.15) is 5.75 Å². The maximum Gasteiger partial charge on any atom is 0.235 e. The predicted molar refractivity (Wildman–Crippen MR) is 90.2 cm³/mol. The highest BCUT2D eigenvalue weighted by Crippen LogP contribution is 2.31. The van der Waals surface area contributed by atoms with Crippen LogP contribution in [0.15, 0.2) is 28.6 Å². The van der Waals surface area contributed by atoms with Crippen molar-refractivity contribution in [2.75, 3.05) is 26.5 Å². The Hall–Kier alpha value is -1.80. The maximum atomic E-state index is 11.8. The van der Waals surface area contributed by atoms with E-state index in [9.17, 15) is 4.79 Å². The Kier molecular flexibility index (Phi) is 5.62.